The third-order valence-electron chi connectivity index (χ3n) is 2.66. The predicted octanol–water partition coefficient (Wildman–Crippen LogP) is 1.93. The molecule has 2 rings (SSSR count). The number of ether oxygens (including phenoxy) is 2. The highest BCUT2D eigenvalue weighted by Gasteiger charge is 2.19. The molecule has 110 valence electrons. The largest absolute Gasteiger partial charge is 0.491 e. The van der Waals surface area contributed by atoms with E-state index < -0.39 is 22.9 Å². The summed E-state index contributed by atoms with van der Waals surface area (Å²) in [7, 11) is 2.38. The number of nitrogens with zero attached hydrogens (tertiary/aromatic N) is 2. The van der Waals surface area contributed by atoms with Crippen molar-refractivity contribution in [3.8, 4) is 11.4 Å². The van der Waals surface area contributed by atoms with Crippen molar-refractivity contribution in [2.75, 3.05) is 14.2 Å². The van der Waals surface area contributed by atoms with Gasteiger partial charge < -0.3 is 9.47 Å². The summed E-state index contributed by atoms with van der Waals surface area (Å²) in [6.45, 7) is 0. The highest BCUT2D eigenvalue weighted by atomic mass is 79.9. The first-order chi connectivity index (χ1) is 9.99. The number of hydrogen-bond acceptors (Lipinski definition) is 5. The normalized spacial score (nSPS) is 10.3. The van der Waals surface area contributed by atoms with Gasteiger partial charge in [-0.1, -0.05) is 6.07 Å². The predicted molar refractivity (Wildman–Crippen MR) is 75.4 cm³/mol. The zero-order chi connectivity index (χ0) is 15.6. The van der Waals surface area contributed by atoms with Crippen molar-refractivity contribution in [1.82, 2.24) is 9.78 Å². The number of esters is 1. The summed E-state index contributed by atoms with van der Waals surface area (Å²) in [5, 5.41) is 3.81. The lowest BCUT2D eigenvalue weighted by Crippen LogP contribution is -2.24. The molecule has 0 aliphatic rings. The van der Waals surface area contributed by atoms with Crippen molar-refractivity contribution in [3.63, 3.8) is 0 Å². The second-order valence-electron chi connectivity index (χ2n) is 3.88. The Morgan fingerprint density at radius 2 is 2.10 bits per heavy atom. The fourth-order valence-corrected chi connectivity index (χ4v) is 1.99. The van der Waals surface area contributed by atoms with E-state index in [1.54, 1.807) is 6.07 Å². The summed E-state index contributed by atoms with van der Waals surface area (Å²) in [5.74, 6) is -1.67. The molecule has 2 aromatic rings. The lowest BCUT2D eigenvalue weighted by Gasteiger charge is -2.10. The van der Waals surface area contributed by atoms with Gasteiger partial charge in [0.2, 0.25) is 5.69 Å². The Kier molecular flexibility index (Phi) is 4.37. The van der Waals surface area contributed by atoms with Gasteiger partial charge in [-0.2, -0.15) is 5.10 Å². The van der Waals surface area contributed by atoms with Crippen molar-refractivity contribution in [2.45, 2.75) is 0 Å². The van der Waals surface area contributed by atoms with E-state index >= 15 is 0 Å². The van der Waals surface area contributed by atoms with Gasteiger partial charge in [-0.25, -0.2) is 13.9 Å². The summed E-state index contributed by atoms with van der Waals surface area (Å²) in [6.07, 6.45) is 1.19. The first-order valence-corrected chi connectivity index (χ1v) is 6.49. The average Bonchev–Trinajstić information content (AvgIpc) is 2.49. The van der Waals surface area contributed by atoms with Gasteiger partial charge in [0.25, 0.3) is 5.43 Å². The fraction of sp³-hybridized carbons (Fsp3) is 0.154. The Labute approximate surface area is 127 Å². The molecule has 0 saturated carbocycles. The molecule has 0 atom stereocenters. The molecule has 0 spiro atoms. The Morgan fingerprint density at radius 3 is 2.71 bits per heavy atom. The average molecular weight is 357 g/mol. The number of benzene rings is 1. The van der Waals surface area contributed by atoms with Crippen LogP contribution in [-0.2, 0) is 4.74 Å². The van der Waals surface area contributed by atoms with Crippen LogP contribution >= 0.6 is 15.9 Å². The molecular formula is C13H10BrFN2O4. The van der Waals surface area contributed by atoms with Gasteiger partial charge >= 0.3 is 5.97 Å². The third-order valence-corrected chi connectivity index (χ3v) is 3.28. The molecule has 0 unspecified atom stereocenters. The summed E-state index contributed by atoms with van der Waals surface area (Å²) >= 11 is 3.05. The molecule has 1 aromatic carbocycles. The molecule has 1 aromatic heterocycles. The monoisotopic (exact) mass is 356 g/mol. The maximum Gasteiger partial charge on any atom is 0.362 e. The molecule has 0 bridgehead atoms. The zero-order valence-corrected chi connectivity index (χ0v) is 12.7. The molecular weight excluding hydrogens is 347 g/mol. The molecule has 1 heterocycles. The number of carbonyl (C=O) groups is 1. The Hall–Kier alpha value is -2.22. The second kappa shape index (κ2) is 6.04. The summed E-state index contributed by atoms with van der Waals surface area (Å²) < 4.78 is 24.8. The minimum Gasteiger partial charge on any atom is -0.491 e. The smallest absolute Gasteiger partial charge is 0.362 e. The Bertz CT molecular complexity index is 760. The van der Waals surface area contributed by atoms with Crippen molar-refractivity contribution in [2.24, 2.45) is 0 Å². The van der Waals surface area contributed by atoms with E-state index in [0.29, 0.717) is 0 Å². The van der Waals surface area contributed by atoms with Gasteiger partial charge in [0.15, 0.2) is 11.6 Å². The fourth-order valence-electron chi connectivity index (χ4n) is 1.64. The maximum absolute atomic E-state index is 14.1. The summed E-state index contributed by atoms with van der Waals surface area (Å²) in [5.41, 5.74) is -1.17. The van der Waals surface area contributed by atoms with Crippen molar-refractivity contribution in [1.29, 1.82) is 0 Å². The molecule has 0 radical (unpaired) electrons. The third kappa shape index (κ3) is 2.80. The molecule has 0 aliphatic carbocycles. The molecule has 0 N–H and O–H groups in total. The van der Waals surface area contributed by atoms with Crippen LogP contribution in [0.2, 0.25) is 0 Å². The molecule has 8 heteroatoms. The van der Waals surface area contributed by atoms with E-state index in [-0.39, 0.29) is 15.9 Å². The van der Waals surface area contributed by atoms with Crippen LogP contribution in [0.25, 0.3) is 5.69 Å². The first kappa shape index (κ1) is 15.2. The van der Waals surface area contributed by atoms with Crippen LogP contribution < -0.4 is 10.2 Å². The van der Waals surface area contributed by atoms with Gasteiger partial charge in [-0.3, -0.25) is 4.79 Å². The van der Waals surface area contributed by atoms with E-state index in [9.17, 15) is 14.0 Å². The molecule has 0 amide bonds. The number of carbonyl (C=O) groups excluding carboxylic acids is 1. The van der Waals surface area contributed by atoms with Gasteiger partial charge in [0.05, 0.1) is 24.9 Å². The summed E-state index contributed by atoms with van der Waals surface area (Å²) in [6, 6.07) is 4.55. The van der Waals surface area contributed by atoms with E-state index in [4.69, 9.17) is 4.74 Å². The van der Waals surface area contributed by atoms with Crippen LogP contribution in [0.1, 0.15) is 10.5 Å². The highest BCUT2D eigenvalue weighted by molar-refractivity contribution is 9.10. The molecule has 0 saturated heterocycles. The van der Waals surface area contributed by atoms with Crippen LogP contribution in [0.15, 0.2) is 33.7 Å². The van der Waals surface area contributed by atoms with E-state index in [1.165, 1.54) is 25.4 Å². The SMILES string of the molecule is COC(=O)c1nn(-c2cccc(Br)c2F)cc(OC)c1=O. The number of hydrogen-bond donors (Lipinski definition) is 0. The number of aromatic nitrogens is 2. The number of halogens is 2. The van der Waals surface area contributed by atoms with Gasteiger partial charge in [-0.15, -0.1) is 0 Å². The topological polar surface area (TPSA) is 70.4 Å². The van der Waals surface area contributed by atoms with Gasteiger partial charge in [-0.05, 0) is 28.1 Å². The lowest BCUT2D eigenvalue weighted by atomic mass is 10.3. The number of methoxy groups -OCH3 is 2. The Morgan fingerprint density at radius 1 is 1.38 bits per heavy atom. The molecule has 21 heavy (non-hydrogen) atoms. The van der Waals surface area contributed by atoms with Crippen molar-refractivity contribution >= 4 is 21.9 Å². The van der Waals surface area contributed by atoms with Crippen molar-refractivity contribution < 1.29 is 18.7 Å². The summed E-state index contributed by atoms with van der Waals surface area (Å²) in [4.78, 5) is 23.5. The second-order valence-corrected chi connectivity index (χ2v) is 4.74. The van der Waals surface area contributed by atoms with E-state index in [0.717, 1.165) is 11.8 Å². The minimum atomic E-state index is -0.928. The van der Waals surface area contributed by atoms with Crippen molar-refractivity contribution in [3.05, 3.63) is 50.6 Å². The molecule has 0 fully saturated rings. The first-order valence-electron chi connectivity index (χ1n) is 5.70. The van der Waals surface area contributed by atoms with Crippen LogP contribution in [0, 0.1) is 5.82 Å². The highest BCUT2D eigenvalue weighted by Crippen LogP contribution is 2.21. The van der Waals surface area contributed by atoms with Gasteiger partial charge in [0, 0.05) is 0 Å². The van der Waals surface area contributed by atoms with Crippen LogP contribution in [0.4, 0.5) is 4.39 Å². The minimum absolute atomic E-state index is 0.0489. The number of rotatable bonds is 3. The lowest BCUT2D eigenvalue weighted by molar-refractivity contribution is 0.0589. The van der Waals surface area contributed by atoms with Crippen LogP contribution in [-0.4, -0.2) is 30.0 Å². The van der Waals surface area contributed by atoms with E-state index in [1.807, 2.05) is 0 Å². The zero-order valence-electron chi connectivity index (χ0n) is 11.1. The Balaban J connectivity index is 2.73. The van der Waals surface area contributed by atoms with E-state index in [2.05, 4.69) is 25.8 Å². The van der Waals surface area contributed by atoms with Gasteiger partial charge in [0.1, 0.15) is 5.69 Å². The molecule has 0 aliphatic heterocycles. The standard InChI is InChI=1S/C13H10BrFN2O4/c1-20-9-6-17(8-5-3-4-7(14)10(8)15)16-11(12(9)18)13(19)21-2/h3-6H,1-2H3. The quantitative estimate of drug-likeness (QED) is 0.786. The van der Waals surface area contributed by atoms with Crippen LogP contribution in [0.5, 0.6) is 5.75 Å². The molecule has 6 nitrogen and oxygen atoms in total. The maximum atomic E-state index is 14.1. The van der Waals surface area contributed by atoms with Crippen LogP contribution in [0.3, 0.4) is 0 Å².